The second-order valence-corrected chi connectivity index (χ2v) is 22.9. The first-order valence-corrected chi connectivity index (χ1v) is 28.2. The van der Waals surface area contributed by atoms with Crippen molar-refractivity contribution in [3.05, 3.63) is 89.1 Å². The van der Waals surface area contributed by atoms with E-state index in [0.29, 0.717) is 31.3 Å². The highest BCUT2D eigenvalue weighted by molar-refractivity contribution is 5.93. The molecule has 0 aliphatic carbocycles. The first kappa shape index (κ1) is 64.2. The fourth-order valence-electron chi connectivity index (χ4n) is 11.0. The number of aliphatic hydroxyl groups excluding tert-OH is 3. The van der Waals surface area contributed by atoms with Crippen molar-refractivity contribution in [1.29, 1.82) is 0 Å². The van der Waals surface area contributed by atoms with Crippen molar-refractivity contribution >= 4 is 35.4 Å². The lowest BCUT2D eigenvalue weighted by Crippen LogP contribution is -2.64. The fourth-order valence-corrected chi connectivity index (χ4v) is 11.0. The number of Topliss-reactive ketones (excluding diaryl/α,β-unsaturated/α-hetero) is 1. The van der Waals surface area contributed by atoms with E-state index < -0.39 is 114 Å². The number of hydrogen-bond acceptors (Lipinski definition) is 13. The lowest BCUT2D eigenvalue weighted by molar-refractivity contribution is -0.179. The van der Waals surface area contributed by atoms with Crippen LogP contribution < -0.4 is 21.4 Å². The van der Waals surface area contributed by atoms with Crippen molar-refractivity contribution in [2.24, 2.45) is 41.4 Å². The Morgan fingerprint density at radius 2 is 1.72 bits per heavy atom. The summed E-state index contributed by atoms with van der Waals surface area (Å²) in [5.74, 6) is -10.1. The normalized spacial score (nSPS) is 32.7. The molecule has 0 radical (unpaired) electrons. The third-order valence-electron chi connectivity index (χ3n) is 16.4. The number of amides is 4. The number of hydrogen-bond donors (Lipinski definition) is 8. The van der Waals surface area contributed by atoms with Crippen LogP contribution in [-0.2, 0) is 44.7 Å². The number of cyclic esters (lactones) is 1. The van der Waals surface area contributed by atoms with Gasteiger partial charge in [-0.3, -0.25) is 29.0 Å². The number of hydrazine groups is 1. The summed E-state index contributed by atoms with van der Waals surface area (Å²) in [5.41, 5.74) is 3.64. The number of benzene rings is 1. The molecule has 0 saturated carbocycles. The van der Waals surface area contributed by atoms with Crippen molar-refractivity contribution in [3.8, 4) is 5.75 Å². The van der Waals surface area contributed by atoms with Crippen molar-refractivity contribution in [2.75, 3.05) is 6.54 Å². The molecule has 4 aliphatic heterocycles. The number of carbonyl (C=O) groups excluding carboxylic acids is 6. The summed E-state index contributed by atoms with van der Waals surface area (Å²) in [6.07, 6.45) is 12.9. The molecule has 4 amide bonds. The van der Waals surface area contributed by atoms with Gasteiger partial charge in [-0.25, -0.2) is 9.82 Å². The van der Waals surface area contributed by atoms with E-state index >= 15 is 0 Å². The van der Waals surface area contributed by atoms with Crippen molar-refractivity contribution in [1.82, 2.24) is 26.4 Å². The summed E-state index contributed by atoms with van der Waals surface area (Å²) in [7, 11) is 0. The average Bonchev–Trinajstić information content (AvgIpc) is 3.48. The quantitative estimate of drug-likeness (QED) is 0.0522. The van der Waals surface area contributed by atoms with Gasteiger partial charge in [-0.2, -0.15) is 4.39 Å². The minimum Gasteiger partial charge on any atom is -0.505 e. The number of fused-ring (bicyclic) bond motifs is 2. The van der Waals surface area contributed by atoms with Crippen LogP contribution in [0.2, 0.25) is 0 Å². The Morgan fingerprint density at radius 1 is 1.00 bits per heavy atom. The van der Waals surface area contributed by atoms with Gasteiger partial charge in [0.05, 0.1) is 30.3 Å². The number of aromatic hydroxyl groups is 1. The molecule has 1 spiro atoms. The van der Waals surface area contributed by atoms with Gasteiger partial charge in [0.15, 0.2) is 23.1 Å². The Labute approximate surface area is 464 Å². The van der Waals surface area contributed by atoms with Crippen LogP contribution in [-0.4, -0.2) is 122 Å². The number of allylic oxidation sites excluding steroid dienone is 5. The lowest BCUT2D eigenvalue weighted by Gasteiger charge is -2.51. The zero-order chi connectivity index (χ0) is 58.5. The number of aliphatic hydroxyl groups is 3. The van der Waals surface area contributed by atoms with E-state index in [-0.39, 0.29) is 79.3 Å². The van der Waals surface area contributed by atoms with E-state index in [1.54, 1.807) is 39.0 Å². The number of phenols is 1. The number of esters is 1. The molecule has 17 nitrogen and oxygen atoms in total. The molecule has 438 valence electrons. The summed E-state index contributed by atoms with van der Waals surface area (Å²) < 4.78 is 41.7. The van der Waals surface area contributed by atoms with E-state index in [2.05, 4.69) is 41.3 Å². The molecular formula is C60H87F2N5O12. The minimum atomic E-state index is -1.52. The smallest absolute Gasteiger partial charge is 0.325 e. The molecule has 4 heterocycles. The SMILES string of the molecule is CC[C@H]1C[C@H](C)[C@@]2(NC1=O)O[C@@H](C[C@H](O)[C@@H](C)CC/C=C/C=C(\C)[C@@H]1C/C=C/C=C/[C@H](O)[C@H](C)[C@@H](O)[C@@H](CCC(C)=O)C(=O)N[C@@H](C(C)C)C(=O)NC(Cc3cc(O)c(F)c(F)c3)C(=O)N3CCCC(N3)C(=O)O1)[C@H](C)C=C2C. The van der Waals surface area contributed by atoms with Gasteiger partial charge in [-0.1, -0.05) is 97.1 Å². The Kier molecular flexibility index (Phi) is 23.8. The van der Waals surface area contributed by atoms with Crippen LogP contribution in [0.25, 0.3) is 0 Å². The highest BCUT2D eigenvalue weighted by Crippen LogP contribution is 2.43. The number of rotatable bonds is 15. The largest absolute Gasteiger partial charge is 0.505 e. The molecule has 2 saturated heterocycles. The van der Waals surface area contributed by atoms with Crippen molar-refractivity contribution in [2.45, 2.75) is 194 Å². The number of nitrogens with one attached hydrogen (secondary N) is 4. The van der Waals surface area contributed by atoms with E-state index in [1.807, 2.05) is 39.0 Å². The summed E-state index contributed by atoms with van der Waals surface area (Å²) in [6.45, 7) is 18.2. The standard InChI is InChI=1S/C60H87F2N5O12/c1-11-42-28-38(8)60(65-55(42)73)37(7)27-36(6)51(79-60)32-48(70)34(4)19-14-12-15-20-35(5)50-23-17-13-16-22-47(69)40(10)54(72)43(25-24-39(9)68)56(74)64-53(33(2)3)57(75)63-46(30-41-29-44(61)52(62)49(71)31-41)58(76)67-26-18-21-45(66-67)59(77)78-50/h12-13,15-17,20,22,27,29,31,33-34,36,38,40,42-43,45-48,50-51,53-54,66,69-72H,11,14,18-19,21,23-26,28,30,32H2,1-10H3,(H,63,75)(H,64,74)(H,65,73)/b15-12+,17-13+,22-16+,35-20+/t34-,36+,38-,40-,42-,43+,45?,46?,47-,48-,50-,51-,53-,54+,60-/m0/s1. The monoisotopic (exact) mass is 1110 g/mol. The van der Waals surface area contributed by atoms with Crippen LogP contribution in [0.4, 0.5) is 8.78 Å². The molecule has 5 rings (SSSR count). The van der Waals surface area contributed by atoms with Crippen LogP contribution >= 0.6 is 0 Å². The Morgan fingerprint density at radius 3 is 2.39 bits per heavy atom. The molecule has 15 atom stereocenters. The molecule has 0 aromatic heterocycles. The summed E-state index contributed by atoms with van der Waals surface area (Å²) in [4.78, 5) is 82.1. The van der Waals surface area contributed by atoms with E-state index in [9.17, 15) is 58.0 Å². The first-order valence-electron chi connectivity index (χ1n) is 28.2. The van der Waals surface area contributed by atoms with Gasteiger partial charge in [-0.15, -0.1) is 0 Å². The molecule has 8 N–H and O–H groups in total. The Bertz CT molecular complexity index is 2460. The van der Waals surface area contributed by atoms with Crippen molar-refractivity contribution in [3.63, 3.8) is 0 Å². The summed E-state index contributed by atoms with van der Waals surface area (Å²) >= 11 is 0. The number of halogens is 2. The predicted octanol–water partition coefficient (Wildman–Crippen LogP) is 6.63. The maximum Gasteiger partial charge on any atom is 0.325 e. The molecule has 19 heteroatoms. The number of ketones is 1. The van der Waals surface area contributed by atoms with E-state index in [0.717, 1.165) is 35.6 Å². The van der Waals surface area contributed by atoms with Crippen LogP contribution in [0, 0.1) is 53.1 Å². The molecule has 1 aromatic carbocycles. The third kappa shape index (κ3) is 17.0. The van der Waals surface area contributed by atoms with E-state index in [1.165, 1.54) is 19.9 Å². The number of ether oxygens (including phenoxy) is 2. The van der Waals surface area contributed by atoms with Crippen molar-refractivity contribution < 1.29 is 67.4 Å². The highest BCUT2D eigenvalue weighted by atomic mass is 19.2. The zero-order valence-corrected chi connectivity index (χ0v) is 47.7. The molecular weight excluding hydrogens is 1020 g/mol. The van der Waals surface area contributed by atoms with Crippen LogP contribution in [0.3, 0.4) is 0 Å². The first-order chi connectivity index (χ1) is 37.3. The Balaban J connectivity index is 1.36. The highest BCUT2D eigenvalue weighted by Gasteiger charge is 2.51. The Hall–Kier alpha value is -5.60. The second kappa shape index (κ2) is 29.2. The summed E-state index contributed by atoms with van der Waals surface area (Å²) in [5, 5.41) is 54.1. The lowest BCUT2D eigenvalue weighted by atomic mass is 9.75. The molecule has 4 aliphatic rings. The van der Waals surface area contributed by atoms with Gasteiger partial charge in [0.2, 0.25) is 17.7 Å². The van der Waals surface area contributed by atoms with Gasteiger partial charge >= 0.3 is 5.97 Å². The number of nitrogens with zero attached hydrogens (tertiary/aromatic N) is 1. The third-order valence-corrected chi connectivity index (χ3v) is 16.4. The van der Waals surface area contributed by atoms with E-state index in [4.69, 9.17) is 9.47 Å². The maximum absolute atomic E-state index is 14.6. The molecule has 2 bridgehead atoms. The number of carbonyl (C=O) groups is 6. The fraction of sp³-hybridized carbons (Fsp3) is 0.633. The van der Waals surface area contributed by atoms with Gasteiger partial charge in [0.1, 0.15) is 30.0 Å². The number of piperidine rings is 1. The van der Waals surface area contributed by atoms with Crippen LogP contribution in [0.5, 0.6) is 5.75 Å². The maximum atomic E-state index is 14.6. The second-order valence-electron chi connectivity index (χ2n) is 22.9. The van der Waals surface area contributed by atoms with Gasteiger partial charge < -0.3 is 50.6 Å². The van der Waals surface area contributed by atoms with Crippen LogP contribution in [0.15, 0.2) is 71.9 Å². The summed E-state index contributed by atoms with van der Waals surface area (Å²) in [6, 6.07) is -2.18. The average molecular weight is 1110 g/mol. The molecule has 2 fully saturated rings. The predicted molar refractivity (Wildman–Crippen MR) is 294 cm³/mol. The minimum absolute atomic E-state index is 0.00747. The van der Waals surface area contributed by atoms with Gasteiger partial charge in [0.25, 0.3) is 5.91 Å². The van der Waals surface area contributed by atoms with Crippen LogP contribution in [0.1, 0.15) is 139 Å². The van der Waals surface area contributed by atoms with Gasteiger partial charge in [0, 0.05) is 55.9 Å². The van der Waals surface area contributed by atoms with Gasteiger partial charge in [-0.05, 0) is 106 Å². The molecule has 1 aromatic rings. The molecule has 2 unspecified atom stereocenters. The zero-order valence-electron chi connectivity index (χ0n) is 47.7. The molecule has 79 heavy (non-hydrogen) atoms. The number of phenolic OH excluding ortho intramolecular Hbond substituents is 1. The topological polar surface area (TPSA) is 253 Å².